The molecule has 1 aliphatic rings. The van der Waals surface area contributed by atoms with Gasteiger partial charge in [-0.15, -0.1) is 0 Å². The van der Waals surface area contributed by atoms with Gasteiger partial charge in [0.05, 0.1) is 5.92 Å². The van der Waals surface area contributed by atoms with Crippen molar-refractivity contribution in [2.75, 3.05) is 0 Å². The Labute approximate surface area is 103 Å². The number of fused-ring (bicyclic) bond motifs is 2. The third-order valence-electron chi connectivity index (χ3n) is 3.39. The predicted octanol–water partition coefficient (Wildman–Crippen LogP) is 4.90. The van der Waals surface area contributed by atoms with Crippen LogP contribution >= 0.6 is 0 Å². The van der Waals surface area contributed by atoms with Gasteiger partial charge in [-0.25, -0.2) is 0 Å². The molecule has 0 nitrogen and oxygen atoms in total. The van der Waals surface area contributed by atoms with Gasteiger partial charge in [0, 0.05) is 0 Å². The van der Waals surface area contributed by atoms with Crippen LogP contribution in [0.4, 0.5) is 13.2 Å². The summed E-state index contributed by atoms with van der Waals surface area (Å²) in [6, 6.07) is 11.0. The summed E-state index contributed by atoms with van der Waals surface area (Å²) in [4.78, 5) is 0. The Hall–Kier alpha value is -1.77. The molecule has 0 fully saturated rings. The van der Waals surface area contributed by atoms with Crippen LogP contribution in [0, 0.1) is 0 Å². The van der Waals surface area contributed by atoms with Crippen LogP contribution in [0.5, 0.6) is 0 Å². The van der Waals surface area contributed by atoms with E-state index in [0.29, 0.717) is 11.1 Å². The van der Waals surface area contributed by atoms with Crippen LogP contribution in [-0.2, 0) is 0 Å². The van der Waals surface area contributed by atoms with Crippen LogP contribution in [0.15, 0.2) is 42.5 Å². The normalized spacial score (nSPS) is 18.9. The molecule has 18 heavy (non-hydrogen) atoms. The van der Waals surface area contributed by atoms with Gasteiger partial charge < -0.3 is 0 Å². The minimum absolute atomic E-state index is 0.0365. The molecule has 3 rings (SSSR count). The molecular weight excluding hydrogens is 237 g/mol. The Balaban J connectivity index is 2.23. The number of benzene rings is 2. The molecule has 2 aromatic rings. The summed E-state index contributed by atoms with van der Waals surface area (Å²) >= 11 is 0. The maximum atomic E-state index is 13.0. The molecule has 0 radical (unpaired) electrons. The van der Waals surface area contributed by atoms with Crippen molar-refractivity contribution in [1.82, 2.24) is 0 Å². The van der Waals surface area contributed by atoms with E-state index in [-0.39, 0.29) is 6.42 Å². The van der Waals surface area contributed by atoms with Crippen LogP contribution in [0.3, 0.4) is 0 Å². The van der Waals surface area contributed by atoms with Gasteiger partial charge in [0.15, 0.2) is 0 Å². The first kappa shape index (κ1) is 11.3. The fourth-order valence-electron chi connectivity index (χ4n) is 2.49. The van der Waals surface area contributed by atoms with Gasteiger partial charge in [-0.2, -0.15) is 13.2 Å². The number of halogens is 3. The number of rotatable bonds is 0. The summed E-state index contributed by atoms with van der Waals surface area (Å²) in [5.74, 6) is -1.37. The number of allylic oxidation sites excluding steroid dienone is 1. The number of hydrogen-bond acceptors (Lipinski definition) is 0. The zero-order valence-electron chi connectivity index (χ0n) is 9.54. The summed E-state index contributed by atoms with van der Waals surface area (Å²) < 4.78 is 39.0. The number of alkyl halides is 3. The van der Waals surface area contributed by atoms with Gasteiger partial charge in [0.25, 0.3) is 0 Å². The zero-order valence-corrected chi connectivity index (χ0v) is 9.54. The maximum Gasteiger partial charge on any atom is 0.396 e. The second kappa shape index (κ2) is 3.87. The van der Waals surface area contributed by atoms with E-state index in [2.05, 4.69) is 0 Å². The fraction of sp³-hybridized carbons (Fsp3) is 0.200. The topological polar surface area (TPSA) is 0 Å². The first-order chi connectivity index (χ1) is 8.55. The van der Waals surface area contributed by atoms with Gasteiger partial charge in [-0.3, -0.25) is 0 Å². The molecule has 1 aliphatic carbocycles. The lowest BCUT2D eigenvalue weighted by molar-refractivity contribution is -0.149. The Morgan fingerprint density at radius 1 is 1.00 bits per heavy atom. The molecule has 0 aliphatic heterocycles. The molecule has 0 saturated carbocycles. The van der Waals surface area contributed by atoms with Crippen LogP contribution in [0.1, 0.15) is 23.5 Å². The summed E-state index contributed by atoms with van der Waals surface area (Å²) in [6.45, 7) is 0. The second-order valence-corrected chi connectivity index (χ2v) is 4.56. The number of hydrogen-bond donors (Lipinski definition) is 0. The van der Waals surface area contributed by atoms with Crippen molar-refractivity contribution in [2.45, 2.75) is 18.5 Å². The Morgan fingerprint density at radius 2 is 1.67 bits per heavy atom. The third-order valence-corrected chi connectivity index (χ3v) is 3.39. The summed E-state index contributed by atoms with van der Waals surface area (Å²) in [6.07, 6.45) is -0.754. The highest BCUT2D eigenvalue weighted by Gasteiger charge is 2.41. The molecule has 0 N–H and O–H groups in total. The van der Waals surface area contributed by atoms with E-state index >= 15 is 0 Å². The van der Waals surface area contributed by atoms with Gasteiger partial charge >= 0.3 is 6.18 Å². The van der Waals surface area contributed by atoms with Crippen molar-refractivity contribution in [3.63, 3.8) is 0 Å². The molecule has 0 saturated heterocycles. The smallest absolute Gasteiger partial charge is 0.170 e. The van der Waals surface area contributed by atoms with Crippen molar-refractivity contribution in [3.05, 3.63) is 53.6 Å². The van der Waals surface area contributed by atoms with Crippen molar-refractivity contribution >= 4 is 16.8 Å². The minimum atomic E-state index is -4.18. The average molecular weight is 248 g/mol. The minimum Gasteiger partial charge on any atom is -0.170 e. The molecule has 0 amide bonds. The summed E-state index contributed by atoms with van der Waals surface area (Å²) in [5, 5.41) is 1.84. The van der Waals surface area contributed by atoms with E-state index in [0.717, 1.165) is 10.8 Å². The van der Waals surface area contributed by atoms with Gasteiger partial charge in [0.1, 0.15) is 0 Å². The van der Waals surface area contributed by atoms with E-state index in [1.54, 1.807) is 18.2 Å². The first-order valence-electron chi connectivity index (χ1n) is 5.81. The Bertz CT molecular complexity index is 623. The first-order valence-corrected chi connectivity index (χ1v) is 5.81. The van der Waals surface area contributed by atoms with Crippen LogP contribution in [0.2, 0.25) is 0 Å². The van der Waals surface area contributed by atoms with Crippen molar-refractivity contribution < 1.29 is 13.2 Å². The van der Waals surface area contributed by atoms with Gasteiger partial charge in [-0.1, -0.05) is 36.4 Å². The van der Waals surface area contributed by atoms with Crippen LogP contribution < -0.4 is 0 Å². The standard InChI is InChI=1S/C15H11F3/c16-15(17,18)14-7-3-6-12-8-10-4-1-2-5-11(10)9-13(12)14/h1-6,8-9,14H,7H2. The van der Waals surface area contributed by atoms with E-state index in [9.17, 15) is 13.2 Å². The van der Waals surface area contributed by atoms with Gasteiger partial charge in [-0.05, 0) is 40.5 Å². The Kier molecular flexibility index (Phi) is 2.44. The summed E-state index contributed by atoms with van der Waals surface area (Å²) in [5.41, 5.74) is 1.07. The Morgan fingerprint density at radius 3 is 2.33 bits per heavy atom. The van der Waals surface area contributed by atoms with E-state index < -0.39 is 12.1 Å². The average Bonchev–Trinajstić information content (AvgIpc) is 2.34. The van der Waals surface area contributed by atoms with Gasteiger partial charge in [0.2, 0.25) is 0 Å². The van der Waals surface area contributed by atoms with Crippen LogP contribution in [-0.4, -0.2) is 6.18 Å². The second-order valence-electron chi connectivity index (χ2n) is 4.56. The summed E-state index contributed by atoms with van der Waals surface area (Å²) in [7, 11) is 0. The molecule has 3 heteroatoms. The molecule has 0 bridgehead atoms. The highest BCUT2D eigenvalue weighted by Crippen LogP contribution is 2.43. The molecule has 0 aromatic heterocycles. The van der Waals surface area contributed by atoms with Crippen molar-refractivity contribution in [2.24, 2.45) is 0 Å². The lowest BCUT2D eigenvalue weighted by atomic mass is 9.85. The third kappa shape index (κ3) is 1.80. The quantitative estimate of drug-likeness (QED) is 0.621. The molecule has 0 heterocycles. The maximum absolute atomic E-state index is 13.0. The molecule has 92 valence electrons. The monoisotopic (exact) mass is 248 g/mol. The highest BCUT2D eigenvalue weighted by molar-refractivity contribution is 5.86. The van der Waals surface area contributed by atoms with Crippen molar-refractivity contribution in [3.8, 4) is 0 Å². The lowest BCUT2D eigenvalue weighted by Gasteiger charge is -2.24. The largest absolute Gasteiger partial charge is 0.396 e. The predicted molar refractivity (Wildman–Crippen MR) is 66.4 cm³/mol. The molecule has 1 unspecified atom stereocenters. The van der Waals surface area contributed by atoms with Crippen LogP contribution in [0.25, 0.3) is 16.8 Å². The SMILES string of the molecule is FC(F)(F)C1CC=Cc2cc3ccccc3cc21. The molecular formula is C15H11F3. The van der Waals surface area contributed by atoms with E-state index in [1.807, 2.05) is 30.3 Å². The molecule has 2 aromatic carbocycles. The van der Waals surface area contributed by atoms with E-state index in [4.69, 9.17) is 0 Å². The van der Waals surface area contributed by atoms with Crippen molar-refractivity contribution in [1.29, 1.82) is 0 Å². The van der Waals surface area contributed by atoms with E-state index in [1.165, 1.54) is 0 Å². The fourth-order valence-corrected chi connectivity index (χ4v) is 2.49. The molecule has 0 spiro atoms. The molecule has 1 atom stereocenters. The lowest BCUT2D eigenvalue weighted by Crippen LogP contribution is -2.22. The highest BCUT2D eigenvalue weighted by atomic mass is 19.4. The zero-order chi connectivity index (χ0) is 12.8.